The lowest BCUT2D eigenvalue weighted by molar-refractivity contribution is -0.146. The molecule has 0 aliphatic heterocycles. The number of ether oxygens (including phenoxy) is 1. The Labute approximate surface area is 170 Å². The second-order valence-corrected chi connectivity index (χ2v) is 10.3. The zero-order valence-electron chi connectivity index (χ0n) is 16.0. The Morgan fingerprint density at radius 2 is 1.45 bits per heavy atom. The Bertz CT molecular complexity index is 1100. The van der Waals surface area contributed by atoms with Crippen molar-refractivity contribution in [1.82, 2.24) is 0 Å². The van der Waals surface area contributed by atoms with E-state index in [4.69, 9.17) is 4.74 Å². The highest BCUT2D eigenvalue weighted by atomic mass is 32.2. The number of hydrogen-bond acceptors (Lipinski definition) is 6. The lowest BCUT2D eigenvalue weighted by atomic mass is 9.96. The van der Waals surface area contributed by atoms with E-state index < -0.39 is 25.5 Å². The molecule has 8 nitrogen and oxygen atoms in total. The molecule has 3 rings (SSSR count). The van der Waals surface area contributed by atoms with Gasteiger partial charge in [-0.2, -0.15) is 0 Å². The molecule has 0 radical (unpaired) electrons. The number of nitrogens with one attached hydrogen (secondary N) is 2. The van der Waals surface area contributed by atoms with Gasteiger partial charge in [-0.3, -0.25) is 14.2 Å². The highest BCUT2D eigenvalue weighted by Gasteiger charge is 2.52. The largest absolute Gasteiger partial charge is 0.465 e. The van der Waals surface area contributed by atoms with Crippen molar-refractivity contribution >= 4 is 37.4 Å². The molecule has 1 fully saturated rings. The van der Waals surface area contributed by atoms with E-state index in [0.717, 1.165) is 11.8 Å². The Kier molecular flexibility index (Phi) is 5.59. The van der Waals surface area contributed by atoms with Gasteiger partial charge in [0.25, 0.3) is 10.0 Å². The summed E-state index contributed by atoms with van der Waals surface area (Å²) < 4.78 is 57.5. The van der Waals surface area contributed by atoms with Crippen LogP contribution in [0.3, 0.4) is 0 Å². The molecule has 1 saturated carbocycles. The van der Waals surface area contributed by atoms with Gasteiger partial charge in [0, 0.05) is 11.4 Å². The van der Waals surface area contributed by atoms with Gasteiger partial charge in [-0.25, -0.2) is 16.8 Å². The highest BCUT2D eigenvalue weighted by Crippen LogP contribution is 2.49. The first-order valence-electron chi connectivity index (χ1n) is 8.94. The van der Waals surface area contributed by atoms with Crippen molar-refractivity contribution in [2.75, 3.05) is 22.3 Å². The minimum Gasteiger partial charge on any atom is -0.465 e. The summed E-state index contributed by atoms with van der Waals surface area (Å²) in [5, 5.41) is 0. The predicted molar refractivity (Wildman–Crippen MR) is 110 cm³/mol. The minimum absolute atomic E-state index is 0.00851. The molecule has 0 bridgehead atoms. The van der Waals surface area contributed by atoms with Crippen molar-refractivity contribution in [2.24, 2.45) is 0 Å². The maximum Gasteiger partial charge on any atom is 0.316 e. The lowest BCUT2D eigenvalue weighted by Gasteiger charge is -2.15. The summed E-state index contributed by atoms with van der Waals surface area (Å²) >= 11 is 0. The Hall–Kier alpha value is -2.59. The maximum absolute atomic E-state index is 12.6. The summed E-state index contributed by atoms with van der Waals surface area (Å²) in [6.07, 6.45) is 2.44. The second-order valence-electron chi connectivity index (χ2n) is 6.88. The van der Waals surface area contributed by atoms with Gasteiger partial charge in [0.05, 0.1) is 23.2 Å². The van der Waals surface area contributed by atoms with E-state index in [1.807, 2.05) is 0 Å². The van der Waals surface area contributed by atoms with Crippen molar-refractivity contribution < 1.29 is 26.4 Å². The van der Waals surface area contributed by atoms with Gasteiger partial charge in [0.1, 0.15) is 0 Å². The minimum atomic E-state index is -3.85. The van der Waals surface area contributed by atoms with Crippen LogP contribution in [-0.2, 0) is 35.0 Å². The van der Waals surface area contributed by atoms with Crippen LogP contribution in [0.15, 0.2) is 53.4 Å². The van der Waals surface area contributed by atoms with Crippen LogP contribution >= 0.6 is 0 Å². The van der Waals surface area contributed by atoms with Gasteiger partial charge in [-0.05, 0) is 61.7 Å². The molecule has 0 spiro atoms. The van der Waals surface area contributed by atoms with Crippen LogP contribution in [0, 0.1) is 0 Å². The van der Waals surface area contributed by atoms with Gasteiger partial charge < -0.3 is 4.74 Å². The van der Waals surface area contributed by atoms with Gasteiger partial charge in [-0.1, -0.05) is 12.1 Å². The summed E-state index contributed by atoms with van der Waals surface area (Å²) in [6, 6.07) is 12.0. The SMILES string of the molecule is CCOC(=O)C1(c2ccc(NS(=O)(=O)c3ccc(NS(C)(=O)=O)cc3)cc2)CC1. The smallest absolute Gasteiger partial charge is 0.316 e. The van der Waals surface area contributed by atoms with Crippen molar-refractivity contribution in [1.29, 1.82) is 0 Å². The van der Waals surface area contributed by atoms with Gasteiger partial charge in [-0.15, -0.1) is 0 Å². The normalized spacial score (nSPS) is 15.4. The number of benzene rings is 2. The van der Waals surface area contributed by atoms with Gasteiger partial charge >= 0.3 is 5.97 Å². The molecular weight excluding hydrogens is 416 g/mol. The summed E-state index contributed by atoms with van der Waals surface area (Å²) in [6.45, 7) is 2.08. The summed E-state index contributed by atoms with van der Waals surface area (Å²) in [7, 11) is -7.29. The number of carbonyl (C=O) groups is 1. The van der Waals surface area contributed by atoms with E-state index in [1.54, 1.807) is 31.2 Å². The maximum atomic E-state index is 12.6. The van der Waals surface area contributed by atoms with E-state index in [0.29, 0.717) is 25.1 Å². The lowest BCUT2D eigenvalue weighted by Crippen LogP contribution is -2.23. The fourth-order valence-corrected chi connectivity index (χ4v) is 4.62. The summed E-state index contributed by atoms with van der Waals surface area (Å²) in [5.41, 5.74) is 0.807. The molecule has 0 unspecified atom stereocenters. The van der Waals surface area contributed by atoms with Crippen LogP contribution < -0.4 is 9.44 Å². The molecule has 156 valence electrons. The van der Waals surface area contributed by atoms with Crippen LogP contribution in [-0.4, -0.2) is 35.7 Å². The average Bonchev–Trinajstić information content (AvgIpc) is 3.43. The second kappa shape index (κ2) is 7.68. The van der Waals surface area contributed by atoms with Crippen LogP contribution in [0.5, 0.6) is 0 Å². The third-order valence-corrected chi connectivity index (χ3v) is 6.58. The van der Waals surface area contributed by atoms with Crippen molar-refractivity contribution in [2.45, 2.75) is 30.1 Å². The number of esters is 1. The molecule has 0 saturated heterocycles. The Morgan fingerprint density at radius 3 is 1.93 bits per heavy atom. The predicted octanol–water partition coefficient (Wildman–Crippen LogP) is 2.45. The monoisotopic (exact) mass is 438 g/mol. The van der Waals surface area contributed by atoms with Crippen molar-refractivity contribution in [3.63, 3.8) is 0 Å². The molecule has 2 N–H and O–H groups in total. The fraction of sp³-hybridized carbons (Fsp3) is 0.316. The summed E-state index contributed by atoms with van der Waals surface area (Å²) in [4.78, 5) is 12.2. The van der Waals surface area contributed by atoms with E-state index in [9.17, 15) is 21.6 Å². The van der Waals surface area contributed by atoms with Gasteiger partial charge in [0.15, 0.2) is 0 Å². The van der Waals surface area contributed by atoms with Crippen molar-refractivity contribution in [3.8, 4) is 0 Å². The summed E-state index contributed by atoms with van der Waals surface area (Å²) in [5.74, 6) is -0.254. The van der Waals surface area contributed by atoms with Crippen molar-refractivity contribution in [3.05, 3.63) is 54.1 Å². The quantitative estimate of drug-likeness (QED) is 0.611. The first-order chi connectivity index (χ1) is 13.6. The molecule has 2 aromatic carbocycles. The molecule has 29 heavy (non-hydrogen) atoms. The first-order valence-corrected chi connectivity index (χ1v) is 12.3. The Morgan fingerprint density at radius 1 is 0.931 bits per heavy atom. The van der Waals surface area contributed by atoms with Crippen LogP contribution in [0.4, 0.5) is 11.4 Å². The molecule has 0 atom stereocenters. The molecule has 10 heteroatoms. The molecule has 0 amide bonds. The average molecular weight is 439 g/mol. The highest BCUT2D eigenvalue weighted by molar-refractivity contribution is 7.92. The number of anilines is 2. The molecule has 0 heterocycles. The van der Waals surface area contributed by atoms with E-state index >= 15 is 0 Å². The van der Waals surface area contributed by atoms with Gasteiger partial charge in [0.2, 0.25) is 10.0 Å². The molecule has 2 aromatic rings. The molecule has 1 aliphatic rings. The third-order valence-electron chi connectivity index (χ3n) is 4.57. The molecule has 1 aliphatic carbocycles. The first kappa shape index (κ1) is 21.1. The number of sulfonamides is 2. The zero-order chi connectivity index (χ0) is 21.3. The zero-order valence-corrected chi connectivity index (χ0v) is 17.6. The van der Waals surface area contributed by atoms with E-state index in [-0.39, 0.29) is 16.6 Å². The van der Waals surface area contributed by atoms with E-state index in [1.165, 1.54) is 24.3 Å². The fourth-order valence-electron chi connectivity index (χ4n) is 2.99. The third kappa shape index (κ3) is 4.88. The van der Waals surface area contributed by atoms with Crippen LogP contribution in [0.25, 0.3) is 0 Å². The number of rotatable bonds is 8. The standard InChI is InChI=1S/C19H22N2O6S2/c1-3-27-18(22)19(12-13-19)14-4-6-16(7-5-14)21-29(25,26)17-10-8-15(9-11-17)20-28(2,23)24/h4-11,20-21H,3,12-13H2,1-2H3. The number of carbonyl (C=O) groups excluding carboxylic acids is 1. The van der Waals surface area contributed by atoms with Crippen LogP contribution in [0.2, 0.25) is 0 Å². The Balaban J connectivity index is 1.73. The molecule has 0 aromatic heterocycles. The van der Waals surface area contributed by atoms with Crippen LogP contribution in [0.1, 0.15) is 25.3 Å². The topological polar surface area (TPSA) is 119 Å². The van der Waals surface area contributed by atoms with E-state index in [2.05, 4.69) is 9.44 Å². The molecular formula is C19H22N2O6S2. The number of hydrogen-bond donors (Lipinski definition) is 2.